The number of halogens is 1. The molecule has 0 saturated heterocycles. The van der Waals surface area contributed by atoms with E-state index in [1.165, 1.54) is 6.07 Å². The largest absolute Gasteiger partial charge is 0.346 e. The molecule has 0 aliphatic heterocycles. The molecule has 2 aromatic heterocycles. The van der Waals surface area contributed by atoms with Crippen LogP contribution in [0.15, 0.2) is 42.6 Å². The minimum Gasteiger partial charge on any atom is -0.346 e. The maximum Gasteiger partial charge on any atom is 0.225 e. The number of aromatic nitrogens is 3. The second kappa shape index (κ2) is 8.29. The lowest BCUT2D eigenvalue weighted by Crippen LogP contribution is -2.32. The highest BCUT2D eigenvalue weighted by molar-refractivity contribution is 5.79. The Balaban J connectivity index is 1.88. The van der Waals surface area contributed by atoms with Crippen molar-refractivity contribution in [3.8, 4) is 0 Å². The number of aryl methyl sites for hydroxylation is 1. The Labute approximate surface area is 158 Å². The summed E-state index contributed by atoms with van der Waals surface area (Å²) in [6, 6.07) is 9.89. The standard InChI is InChI=1S/C21H25FN4O/c1-4-26-20-17(10-7-11-23-20)25-21(26)18(12-14(2)3)24-19(27)13-15-8-5-6-9-16(15)22/h5-11,14,18H,4,12-13H2,1-3H3,(H,24,27)/t18-/m0/s1. The summed E-state index contributed by atoms with van der Waals surface area (Å²) in [6.45, 7) is 6.95. The van der Waals surface area contributed by atoms with Crippen LogP contribution in [0.4, 0.5) is 4.39 Å². The number of rotatable bonds is 7. The first-order valence-corrected chi connectivity index (χ1v) is 9.33. The van der Waals surface area contributed by atoms with Gasteiger partial charge in [-0.05, 0) is 43.0 Å². The number of pyridine rings is 1. The van der Waals surface area contributed by atoms with Gasteiger partial charge in [0.1, 0.15) is 17.2 Å². The maximum absolute atomic E-state index is 13.9. The highest BCUT2D eigenvalue weighted by Crippen LogP contribution is 2.24. The average molecular weight is 368 g/mol. The molecule has 0 aliphatic rings. The third-order valence-electron chi connectivity index (χ3n) is 4.51. The summed E-state index contributed by atoms with van der Waals surface area (Å²) in [7, 11) is 0. The van der Waals surface area contributed by atoms with Gasteiger partial charge in [0, 0.05) is 12.7 Å². The lowest BCUT2D eigenvalue weighted by atomic mass is 10.0. The number of nitrogens with one attached hydrogen (secondary N) is 1. The van der Waals surface area contributed by atoms with Crippen LogP contribution in [0.3, 0.4) is 0 Å². The Bertz CT molecular complexity index is 935. The van der Waals surface area contributed by atoms with E-state index in [1.807, 2.05) is 23.6 Å². The molecule has 0 spiro atoms. The molecule has 0 aliphatic carbocycles. The smallest absolute Gasteiger partial charge is 0.225 e. The summed E-state index contributed by atoms with van der Waals surface area (Å²) in [5.74, 6) is 0.579. The van der Waals surface area contributed by atoms with Crippen molar-refractivity contribution in [3.63, 3.8) is 0 Å². The number of fused-ring (bicyclic) bond motifs is 1. The van der Waals surface area contributed by atoms with Crippen LogP contribution in [0.1, 0.15) is 44.6 Å². The van der Waals surface area contributed by atoms with E-state index in [4.69, 9.17) is 4.98 Å². The van der Waals surface area contributed by atoms with Gasteiger partial charge in [0.15, 0.2) is 5.65 Å². The highest BCUT2D eigenvalue weighted by atomic mass is 19.1. The Morgan fingerprint density at radius 1 is 1.22 bits per heavy atom. The summed E-state index contributed by atoms with van der Waals surface area (Å²) in [5, 5.41) is 3.06. The molecule has 1 amide bonds. The Kier molecular flexibility index (Phi) is 5.84. The van der Waals surface area contributed by atoms with E-state index in [0.717, 1.165) is 23.4 Å². The van der Waals surface area contributed by atoms with E-state index in [0.29, 0.717) is 18.0 Å². The number of hydrogen-bond donors (Lipinski definition) is 1. The van der Waals surface area contributed by atoms with Gasteiger partial charge in [0.25, 0.3) is 0 Å². The van der Waals surface area contributed by atoms with E-state index in [-0.39, 0.29) is 24.2 Å². The van der Waals surface area contributed by atoms with Crippen molar-refractivity contribution in [2.45, 2.75) is 46.2 Å². The zero-order valence-electron chi connectivity index (χ0n) is 15.9. The third-order valence-corrected chi connectivity index (χ3v) is 4.51. The molecule has 0 fully saturated rings. The van der Waals surface area contributed by atoms with Crippen molar-refractivity contribution in [2.75, 3.05) is 0 Å². The molecule has 27 heavy (non-hydrogen) atoms. The van der Waals surface area contributed by atoms with Gasteiger partial charge in [0.05, 0.1) is 12.5 Å². The number of carbonyl (C=O) groups is 1. The predicted molar refractivity (Wildman–Crippen MR) is 104 cm³/mol. The van der Waals surface area contributed by atoms with Gasteiger partial charge < -0.3 is 9.88 Å². The summed E-state index contributed by atoms with van der Waals surface area (Å²) in [4.78, 5) is 21.8. The molecule has 0 radical (unpaired) electrons. The SMILES string of the molecule is CCn1c([C@H](CC(C)C)NC(=O)Cc2ccccc2F)nc2cccnc21. The van der Waals surface area contributed by atoms with Gasteiger partial charge >= 0.3 is 0 Å². The highest BCUT2D eigenvalue weighted by Gasteiger charge is 2.23. The number of benzene rings is 1. The second-order valence-corrected chi connectivity index (χ2v) is 7.08. The minimum absolute atomic E-state index is 0.00583. The first-order chi connectivity index (χ1) is 13.0. The van der Waals surface area contributed by atoms with Crippen molar-refractivity contribution >= 4 is 17.1 Å². The van der Waals surface area contributed by atoms with Gasteiger partial charge in [0.2, 0.25) is 5.91 Å². The first-order valence-electron chi connectivity index (χ1n) is 9.33. The van der Waals surface area contributed by atoms with Crippen LogP contribution in [0, 0.1) is 11.7 Å². The third kappa shape index (κ3) is 4.32. The number of amides is 1. The molecular weight excluding hydrogens is 343 g/mol. The van der Waals surface area contributed by atoms with E-state index >= 15 is 0 Å². The summed E-state index contributed by atoms with van der Waals surface area (Å²) >= 11 is 0. The van der Waals surface area contributed by atoms with Crippen molar-refractivity contribution in [1.29, 1.82) is 0 Å². The number of nitrogens with zero attached hydrogens (tertiary/aromatic N) is 3. The lowest BCUT2D eigenvalue weighted by molar-refractivity contribution is -0.121. The monoisotopic (exact) mass is 368 g/mol. The molecule has 1 aromatic carbocycles. The van der Waals surface area contributed by atoms with Crippen molar-refractivity contribution in [2.24, 2.45) is 5.92 Å². The molecule has 6 heteroatoms. The molecule has 0 saturated carbocycles. The van der Waals surface area contributed by atoms with Crippen molar-refractivity contribution in [1.82, 2.24) is 19.9 Å². The molecule has 1 atom stereocenters. The molecule has 142 valence electrons. The van der Waals surface area contributed by atoms with Crippen LogP contribution in [0.25, 0.3) is 11.2 Å². The van der Waals surface area contributed by atoms with Gasteiger partial charge in [-0.15, -0.1) is 0 Å². The Hall–Kier alpha value is -2.76. The quantitative estimate of drug-likeness (QED) is 0.685. The van der Waals surface area contributed by atoms with Crippen molar-refractivity contribution < 1.29 is 9.18 Å². The van der Waals surface area contributed by atoms with Gasteiger partial charge in [-0.3, -0.25) is 4.79 Å². The number of hydrogen-bond acceptors (Lipinski definition) is 3. The summed E-state index contributed by atoms with van der Waals surface area (Å²) < 4.78 is 15.9. The number of imidazole rings is 1. The normalized spacial score (nSPS) is 12.5. The molecule has 5 nitrogen and oxygen atoms in total. The van der Waals surface area contributed by atoms with Gasteiger partial charge in [-0.1, -0.05) is 32.0 Å². The van der Waals surface area contributed by atoms with Crippen LogP contribution in [0.5, 0.6) is 0 Å². The van der Waals surface area contributed by atoms with Crippen LogP contribution in [-0.4, -0.2) is 20.4 Å². The number of carbonyl (C=O) groups excluding carboxylic acids is 1. The average Bonchev–Trinajstić information content (AvgIpc) is 3.01. The molecule has 0 unspecified atom stereocenters. The molecule has 3 rings (SSSR count). The van der Waals surface area contributed by atoms with E-state index in [2.05, 4.69) is 24.1 Å². The Morgan fingerprint density at radius 3 is 2.70 bits per heavy atom. The van der Waals surface area contributed by atoms with E-state index in [9.17, 15) is 9.18 Å². The van der Waals surface area contributed by atoms with Crippen LogP contribution >= 0.6 is 0 Å². The zero-order valence-corrected chi connectivity index (χ0v) is 15.9. The fourth-order valence-electron chi connectivity index (χ4n) is 3.31. The molecule has 1 N–H and O–H groups in total. The topological polar surface area (TPSA) is 59.8 Å². The fraction of sp³-hybridized carbons (Fsp3) is 0.381. The minimum atomic E-state index is -0.363. The van der Waals surface area contributed by atoms with Crippen LogP contribution in [-0.2, 0) is 17.8 Å². The molecule has 3 aromatic rings. The van der Waals surface area contributed by atoms with E-state index < -0.39 is 0 Å². The van der Waals surface area contributed by atoms with Crippen LogP contribution in [0.2, 0.25) is 0 Å². The molecular formula is C21H25FN4O. The maximum atomic E-state index is 13.9. The first kappa shape index (κ1) is 19.0. The Morgan fingerprint density at radius 2 is 2.00 bits per heavy atom. The fourth-order valence-corrected chi connectivity index (χ4v) is 3.31. The summed E-state index contributed by atoms with van der Waals surface area (Å²) in [5.41, 5.74) is 2.02. The van der Waals surface area contributed by atoms with Gasteiger partial charge in [-0.2, -0.15) is 0 Å². The van der Waals surface area contributed by atoms with Crippen molar-refractivity contribution in [3.05, 3.63) is 59.8 Å². The van der Waals surface area contributed by atoms with Gasteiger partial charge in [-0.25, -0.2) is 14.4 Å². The lowest BCUT2D eigenvalue weighted by Gasteiger charge is -2.21. The van der Waals surface area contributed by atoms with Crippen LogP contribution < -0.4 is 5.32 Å². The zero-order chi connectivity index (χ0) is 19.4. The van der Waals surface area contributed by atoms with E-state index in [1.54, 1.807) is 24.4 Å². The molecule has 2 heterocycles. The predicted octanol–water partition coefficient (Wildman–Crippen LogP) is 4.04. The summed E-state index contributed by atoms with van der Waals surface area (Å²) in [6.07, 6.45) is 2.49. The molecule has 0 bridgehead atoms. The second-order valence-electron chi connectivity index (χ2n) is 7.08.